The van der Waals surface area contributed by atoms with Crippen molar-refractivity contribution in [3.8, 4) is 0 Å². The van der Waals surface area contributed by atoms with Crippen molar-refractivity contribution in [3.63, 3.8) is 0 Å². The van der Waals surface area contributed by atoms with Gasteiger partial charge in [0.25, 0.3) is 5.95 Å². The van der Waals surface area contributed by atoms with E-state index in [4.69, 9.17) is 9.47 Å². The quantitative estimate of drug-likeness (QED) is 0.662. The van der Waals surface area contributed by atoms with Crippen molar-refractivity contribution >= 4 is 5.57 Å². The van der Waals surface area contributed by atoms with Crippen LogP contribution >= 0.6 is 0 Å². The second-order valence-electron chi connectivity index (χ2n) is 2.69. The highest BCUT2D eigenvalue weighted by molar-refractivity contribution is 5.64. The fraction of sp³-hybridized carbons (Fsp3) is 0.273. The molecular formula is C11H14O2. The third-order valence-electron chi connectivity index (χ3n) is 1.88. The molecule has 0 unspecified atom stereocenters. The van der Waals surface area contributed by atoms with Crippen molar-refractivity contribution in [3.05, 3.63) is 41.8 Å². The van der Waals surface area contributed by atoms with Crippen molar-refractivity contribution in [2.75, 3.05) is 14.2 Å². The van der Waals surface area contributed by atoms with Gasteiger partial charge in [-0.25, -0.2) is 0 Å². The van der Waals surface area contributed by atoms with Crippen molar-refractivity contribution < 1.29 is 9.47 Å². The molecule has 0 N–H and O–H groups in total. The zero-order valence-corrected chi connectivity index (χ0v) is 8.20. The maximum atomic E-state index is 5.07. The van der Waals surface area contributed by atoms with Gasteiger partial charge in [-0.3, -0.25) is 0 Å². The largest absolute Gasteiger partial charge is 0.469 e. The van der Waals surface area contributed by atoms with Crippen molar-refractivity contribution in [1.29, 1.82) is 0 Å². The van der Waals surface area contributed by atoms with Gasteiger partial charge < -0.3 is 9.47 Å². The Balaban J connectivity index is 3.01. The third kappa shape index (κ3) is 2.25. The lowest BCUT2D eigenvalue weighted by Crippen LogP contribution is -1.93. The molecule has 0 aliphatic rings. The molecule has 0 saturated heterocycles. The normalized spacial score (nSPS) is 9.15. The van der Waals surface area contributed by atoms with Crippen LogP contribution < -0.4 is 0 Å². The summed E-state index contributed by atoms with van der Waals surface area (Å²) in [4.78, 5) is 0. The highest BCUT2D eigenvalue weighted by Gasteiger charge is 2.03. The molecule has 0 saturated carbocycles. The average Bonchev–Trinajstić information content (AvgIpc) is 2.21. The summed E-state index contributed by atoms with van der Waals surface area (Å²) in [5, 5.41) is 0. The molecule has 0 atom stereocenters. The summed E-state index contributed by atoms with van der Waals surface area (Å²) >= 11 is 0. The first kappa shape index (κ1) is 9.65. The van der Waals surface area contributed by atoms with Gasteiger partial charge in [0.15, 0.2) is 0 Å². The van der Waals surface area contributed by atoms with E-state index in [1.807, 2.05) is 37.3 Å². The van der Waals surface area contributed by atoms with Gasteiger partial charge in [-0.1, -0.05) is 30.3 Å². The standard InChI is InChI=1S/C11H14O2/c1-9(11(12-2)13-3)10-7-5-4-6-8-10/h4-8H,1-3H3. The van der Waals surface area contributed by atoms with Gasteiger partial charge in [-0.05, 0) is 12.5 Å². The molecule has 2 heteroatoms. The van der Waals surface area contributed by atoms with E-state index in [2.05, 4.69) is 0 Å². The van der Waals surface area contributed by atoms with Crippen molar-refractivity contribution in [2.45, 2.75) is 6.92 Å². The molecule has 0 heterocycles. The van der Waals surface area contributed by atoms with Crippen molar-refractivity contribution in [1.82, 2.24) is 0 Å². The topological polar surface area (TPSA) is 18.5 Å². The number of ether oxygens (including phenoxy) is 2. The number of benzene rings is 1. The van der Waals surface area contributed by atoms with E-state index in [0.717, 1.165) is 11.1 Å². The van der Waals surface area contributed by atoms with Crippen LogP contribution in [-0.2, 0) is 9.47 Å². The van der Waals surface area contributed by atoms with Gasteiger partial charge in [0, 0.05) is 5.57 Å². The lowest BCUT2D eigenvalue weighted by molar-refractivity contribution is 0.0978. The minimum atomic E-state index is 0.561. The molecule has 0 aliphatic heterocycles. The summed E-state index contributed by atoms with van der Waals surface area (Å²) in [6.07, 6.45) is 0. The van der Waals surface area contributed by atoms with Gasteiger partial charge in [0.2, 0.25) is 0 Å². The fourth-order valence-electron chi connectivity index (χ4n) is 1.20. The first-order chi connectivity index (χ1) is 6.29. The number of hydrogen-bond acceptors (Lipinski definition) is 2. The van der Waals surface area contributed by atoms with Crippen LogP contribution in [0.1, 0.15) is 12.5 Å². The second-order valence-corrected chi connectivity index (χ2v) is 2.69. The molecule has 0 amide bonds. The number of rotatable bonds is 3. The van der Waals surface area contributed by atoms with E-state index >= 15 is 0 Å². The van der Waals surface area contributed by atoms with Gasteiger partial charge in [0.05, 0.1) is 14.2 Å². The minimum Gasteiger partial charge on any atom is -0.469 e. The molecule has 13 heavy (non-hydrogen) atoms. The lowest BCUT2D eigenvalue weighted by Gasteiger charge is -2.08. The van der Waals surface area contributed by atoms with Crippen molar-refractivity contribution in [2.24, 2.45) is 0 Å². The predicted molar refractivity (Wildman–Crippen MR) is 53.1 cm³/mol. The van der Waals surface area contributed by atoms with E-state index in [9.17, 15) is 0 Å². The van der Waals surface area contributed by atoms with Crippen LogP contribution in [0.15, 0.2) is 36.3 Å². The smallest absolute Gasteiger partial charge is 0.282 e. The molecule has 1 aromatic rings. The zero-order valence-electron chi connectivity index (χ0n) is 8.20. The molecule has 0 aliphatic carbocycles. The maximum Gasteiger partial charge on any atom is 0.282 e. The molecule has 0 radical (unpaired) electrons. The van der Waals surface area contributed by atoms with Crippen LogP contribution in [0.2, 0.25) is 0 Å². The van der Waals surface area contributed by atoms with Crippen LogP contribution in [0.5, 0.6) is 0 Å². The SMILES string of the molecule is COC(OC)=C(C)c1ccccc1. The fourth-order valence-corrected chi connectivity index (χ4v) is 1.20. The Morgan fingerprint density at radius 3 is 2.00 bits per heavy atom. The Morgan fingerprint density at radius 2 is 1.54 bits per heavy atom. The van der Waals surface area contributed by atoms with Crippen LogP contribution in [0.3, 0.4) is 0 Å². The Kier molecular flexibility index (Phi) is 3.38. The predicted octanol–water partition coefficient (Wildman–Crippen LogP) is 2.67. The first-order valence-corrected chi connectivity index (χ1v) is 4.14. The molecule has 0 aromatic heterocycles. The molecule has 2 nitrogen and oxygen atoms in total. The molecule has 70 valence electrons. The van der Waals surface area contributed by atoms with Gasteiger partial charge in [-0.2, -0.15) is 0 Å². The van der Waals surface area contributed by atoms with E-state index < -0.39 is 0 Å². The Bertz CT molecular complexity index is 282. The number of hydrogen-bond donors (Lipinski definition) is 0. The zero-order chi connectivity index (χ0) is 9.68. The Labute approximate surface area is 78.8 Å². The van der Waals surface area contributed by atoms with Crippen LogP contribution in [0, 0.1) is 0 Å². The lowest BCUT2D eigenvalue weighted by atomic mass is 10.1. The first-order valence-electron chi connectivity index (χ1n) is 4.14. The maximum absolute atomic E-state index is 5.07. The van der Waals surface area contributed by atoms with Crippen LogP contribution in [0.4, 0.5) is 0 Å². The number of methoxy groups -OCH3 is 2. The Hall–Kier alpha value is -1.44. The molecular weight excluding hydrogens is 164 g/mol. The molecule has 0 spiro atoms. The van der Waals surface area contributed by atoms with Crippen LogP contribution in [-0.4, -0.2) is 14.2 Å². The summed E-state index contributed by atoms with van der Waals surface area (Å²) in [6, 6.07) is 10.0. The van der Waals surface area contributed by atoms with E-state index in [1.54, 1.807) is 14.2 Å². The van der Waals surface area contributed by atoms with E-state index in [1.165, 1.54) is 0 Å². The summed E-state index contributed by atoms with van der Waals surface area (Å²) in [5.41, 5.74) is 2.12. The minimum absolute atomic E-state index is 0.561. The molecule has 1 aromatic carbocycles. The average molecular weight is 178 g/mol. The van der Waals surface area contributed by atoms with E-state index in [0.29, 0.717) is 5.95 Å². The summed E-state index contributed by atoms with van der Waals surface area (Å²) in [6.45, 7) is 1.97. The highest BCUT2D eigenvalue weighted by atomic mass is 16.7. The van der Waals surface area contributed by atoms with Gasteiger partial charge in [-0.15, -0.1) is 0 Å². The second kappa shape index (κ2) is 4.55. The van der Waals surface area contributed by atoms with Gasteiger partial charge in [0.1, 0.15) is 0 Å². The van der Waals surface area contributed by atoms with E-state index in [-0.39, 0.29) is 0 Å². The molecule has 1 rings (SSSR count). The highest BCUT2D eigenvalue weighted by Crippen LogP contribution is 2.18. The molecule has 0 bridgehead atoms. The Morgan fingerprint density at radius 1 is 1.00 bits per heavy atom. The summed E-state index contributed by atoms with van der Waals surface area (Å²) in [7, 11) is 3.20. The monoisotopic (exact) mass is 178 g/mol. The summed E-state index contributed by atoms with van der Waals surface area (Å²) in [5.74, 6) is 0.561. The van der Waals surface area contributed by atoms with Gasteiger partial charge >= 0.3 is 0 Å². The third-order valence-corrected chi connectivity index (χ3v) is 1.88. The van der Waals surface area contributed by atoms with Crippen LogP contribution in [0.25, 0.3) is 5.57 Å². The number of allylic oxidation sites excluding steroid dienone is 1. The summed E-state index contributed by atoms with van der Waals surface area (Å²) < 4.78 is 10.1. The molecule has 0 fully saturated rings.